The molecule has 0 aliphatic rings. The summed E-state index contributed by atoms with van der Waals surface area (Å²) in [5.41, 5.74) is 7.50. The minimum absolute atomic E-state index is 0.164. The smallest absolute Gasteiger partial charge is 0.103 e. The van der Waals surface area contributed by atoms with E-state index in [-0.39, 0.29) is 6.61 Å². The third-order valence-corrected chi connectivity index (χ3v) is 2.62. The fraction of sp³-hybridized carbons (Fsp3) is 0.417. The standard InChI is InChI=1S/C12H18N2OS/c1-2-7-14(8-9-15)11-5-3-10(4-6-11)12(13)16/h3-6,15H,2,7-9H2,1H3,(H2,13,16). The molecule has 0 heterocycles. The maximum Gasteiger partial charge on any atom is 0.103 e. The number of aliphatic hydroxyl groups excluding tert-OH is 1. The van der Waals surface area contributed by atoms with Gasteiger partial charge in [0.05, 0.1) is 6.61 Å². The molecule has 0 aliphatic heterocycles. The Kier molecular flexibility index (Phi) is 5.22. The second kappa shape index (κ2) is 6.45. The molecular weight excluding hydrogens is 220 g/mol. The molecule has 0 saturated heterocycles. The van der Waals surface area contributed by atoms with Crippen LogP contribution in [0.4, 0.5) is 5.69 Å². The van der Waals surface area contributed by atoms with Gasteiger partial charge in [0, 0.05) is 24.3 Å². The van der Waals surface area contributed by atoms with Gasteiger partial charge in [-0.05, 0) is 30.7 Å². The molecule has 3 N–H and O–H groups in total. The maximum absolute atomic E-state index is 8.98. The van der Waals surface area contributed by atoms with E-state index in [0.717, 1.165) is 24.2 Å². The van der Waals surface area contributed by atoms with Crippen molar-refractivity contribution < 1.29 is 5.11 Å². The van der Waals surface area contributed by atoms with Crippen LogP contribution in [-0.4, -0.2) is 29.8 Å². The summed E-state index contributed by atoms with van der Waals surface area (Å²) in [6, 6.07) is 7.80. The van der Waals surface area contributed by atoms with E-state index in [1.165, 1.54) is 0 Å². The van der Waals surface area contributed by atoms with Crippen LogP contribution in [0.1, 0.15) is 18.9 Å². The van der Waals surface area contributed by atoms with Crippen molar-refractivity contribution in [1.29, 1.82) is 0 Å². The van der Waals surface area contributed by atoms with Crippen LogP contribution in [0.15, 0.2) is 24.3 Å². The summed E-state index contributed by atoms with van der Waals surface area (Å²) in [5, 5.41) is 8.98. The van der Waals surface area contributed by atoms with Crippen LogP contribution in [-0.2, 0) is 0 Å². The number of aliphatic hydroxyl groups is 1. The van der Waals surface area contributed by atoms with Gasteiger partial charge in [0.1, 0.15) is 4.99 Å². The van der Waals surface area contributed by atoms with Crippen LogP contribution >= 0.6 is 12.2 Å². The number of hydrogen-bond acceptors (Lipinski definition) is 3. The van der Waals surface area contributed by atoms with Crippen molar-refractivity contribution in [2.45, 2.75) is 13.3 Å². The van der Waals surface area contributed by atoms with E-state index in [2.05, 4.69) is 11.8 Å². The average molecular weight is 238 g/mol. The molecule has 0 unspecified atom stereocenters. The highest BCUT2D eigenvalue weighted by Crippen LogP contribution is 2.15. The Hall–Kier alpha value is -1.13. The Morgan fingerprint density at radius 3 is 2.38 bits per heavy atom. The number of hydrogen-bond donors (Lipinski definition) is 2. The van der Waals surface area contributed by atoms with Crippen molar-refractivity contribution >= 4 is 22.9 Å². The number of rotatable bonds is 6. The summed E-state index contributed by atoms with van der Waals surface area (Å²) < 4.78 is 0. The first-order valence-electron chi connectivity index (χ1n) is 5.44. The van der Waals surface area contributed by atoms with E-state index < -0.39 is 0 Å². The first-order chi connectivity index (χ1) is 7.69. The Morgan fingerprint density at radius 1 is 1.31 bits per heavy atom. The summed E-state index contributed by atoms with van der Waals surface area (Å²) in [7, 11) is 0. The van der Waals surface area contributed by atoms with Crippen molar-refractivity contribution in [2.75, 3.05) is 24.6 Å². The Morgan fingerprint density at radius 2 is 1.94 bits per heavy atom. The molecule has 0 amide bonds. The lowest BCUT2D eigenvalue weighted by Crippen LogP contribution is -2.27. The van der Waals surface area contributed by atoms with Gasteiger partial charge in [0.25, 0.3) is 0 Å². The van der Waals surface area contributed by atoms with Gasteiger partial charge in [-0.2, -0.15) is 0 Å². The SMILES string of the molecule is CCCN(CCO)c1ccc(C(N)=S)cc1. The summed E-state index contributed by atoms with van der Waals surface area (Å²) in [4.78, 5) is 2.55. The van der Waals surface area contributed by atoms with Crippen LogP contribution < -0.4 is 10.6 Å². The lowest BCUT2D eigenvalue weighted by molar-refractivity contribution is 0.302. The van der Waals surface area contributed by atoms with Crippen LogP contribution in [0.25, 0.3) is 0 Å². The highest BCUT2D eigenvalue weighted by Gasteiger charge is 2.04. The van der Waals surface area contributed by atoms with Gasteiger partial charge in [-0.15, -0.1) is 0 Å². The van der Waals surface area contributed by atoms with Gasteiger partial charge in [-0.1, -0.05) is 19.1 Å². The fourth-order valence-corrected chi connectivity index (χ4v) is 1.73. The minimum atomic E-state index is 0.164. The van der Waals surface area contributed by atoms with E-state index >= 15 is 0 Å². The predicted molar refractivity (Wildman–Crippen MR) is 71.9 cm³/mol. The average Bonchev–Trinajstić information content (AvgIpc) is 2.29. The van der Waals surface area contributed by atoms with Gasteiger partial charge in [-0.25, -0.2) is 0 Å². The van der Waals surface area contributed by atoms with Crippen LogP contribution in [0.2, 0.25) is 0 Å². The summed E-state index contributed by atoms with van der Waals surface area (Å²) in [5.74, 6) is 0. The first-order valence-corrected chi connectivity index (χ1v) is 5.85. The molecule has 0 saturated carbocycles. The third-order valence-electron chi connectivity index (χ3n) is 2.38. The molecular formula is C12H18N2OS. The molecule has 3 nitrogen and oxygen atoms in total. The van der Waals surface area contributed by atoms with Crippen LogP contribution in [0, 0.1) is 0 Å². The second-order valence-electron chi connectivity index (χ2n) is 3.62. The van der Waals surface area contributed by atoms with Crippen molar-refractivity contribution in [2.24, 2.45) is 5.73 Å². The molecule has 0 aromatic heterocycles. The lowest BCUT2D eigenvalue weighted by atomic mass is 10.2. The molecule has 0 fully saturated rings. The summed E-state index contributed by atoms with van der Waals surface area (Å²) in [6.07, 6.45) is 1.05. The van der Waals surface area contributed by atoms with E-state index in [1.807, 2.05) is 24.3 Å². The fourth-order valence-electron chi connectivity index (χ4n) is 1.60. The summed E-state index contributed by atoms with van der Waals surface area (Å²) in [6.45, 7) is 3.87. The quantitative estimate of drug-likeness (QED) is 0.738. The molecule has 0 bridgehead atoms. The molecule has 0 aliphatic carbocycles. The molecule has 1 aromatic rings. The van der Waals surface area contributed by atoms with E-state index in [9.17, 15) is 0 Å². The summed E-state index contributed by atoms with van der Waals surface area (Å²) >= 11 is 4.90. The molecule has 16 heavy (non-hydrogen) atoms. The number of nitrogens with zero attached hydrogens (tertiary/aromatic N) is 1. The minimum Gasteiger partial charge on any atom is -0.395 e. The highest BCUT2D eigenvalue weighted by molar-refractivity contribution is 7.80. The normalized spacial score (nSPS) is 10.1. The Labute approximate surface area is 102 Å². The lowest BCUT2D eigenvalue weighted by Gasteiger charge is -2.23. The van der Waals surface area contributed by atoms with Gasteiger partial charge in [0.2, 0.25) is 0 Å². The highest BCUT2D eigenvalue weighted by atomic mass is 32.1. The predicted octanol–water partition coefficient (Wildman–Crippen LogP) is 1.53. The van der Waals surface area contributed by atoms with Crippen molar-refractivity contribution in [3.63, 3.8) is 0 Å². The van der Waals surface area contributed by atoms with Gasteiger partial charge in [0.15, 0.2) is 0 Å². The van der Waals surface area contributed by atoms with E-state index in [0.29, 0.717) is 11.5 Å². The van der Waals surface area contributed by atoms with E-state index in [4.69, 9.17) is 23.1 Å². The number of thiocarbonyl (C=S) groups is 1. The topological polar surface area (TPSA) is 49.5 Å². The first kappa shape index (κ1) is 12.9. The van der Waals surface area contributed by atoms with Crippen LogP contribution in [0.3, 0.4) is 0 Å². The van der Waals surface area contributed by atoms with E-state index in [1.54, 1.807) is 0 Å². The van der Waals surface area contributed by atoms with Gasteiger partial charge < -0.3 is 15.7 Å². The zero-order valence-corrected chi connectivity index (χ0v) is 10.3. The molecule has 0 radical (unpaired) electrons. The second-order valence-corrected chi connectivity index (χ2v) is 4.06. The zero-order valence-electron chi connectivity index (χ0n) is 9.52. The molecule has 88 valence electrons. The number of nitrogens with two attached hydrogens (primary N) is 1. The molecule has 0 spiro atoms. The van der Waals surface area contributed by atoms with Crippen molar-refractivity contribution in [3.8, 4) is 0 Å². The zero-order chi connectivity index (χ0) is 12.0. The molecule has 1 aromatic carbocycles. The van der Waals surface area contributed by atoms with Gasteiger partial charge >= 0.3 is 0 Å². The molecule has 1 rings (SSSR count). The maximum atomic E-state index is 8.98. The number of benzene rings is 1. The Bertz CT molecular complexity index is 331. The monoisotopic (exact) mass is 238 g/mol. The largest absolute Gasteiger partial charge is 0.395 e. The van der Waals surface area contributed by atoms with Crippen LogP contribution in [0.5, 0.6) is 0 Å². The third kappa shape index (κ3) is 3.47. The molecule has 4 heteroatoms. The molecule has 0 atom stereocenters. The van der Waals surface area contributed by atoms with Gasteiger partial charge in [-0.3, -0.25) is 0 Å². The number of anilines is 1. The Balaban J connectivity index is 2.80. The van der Waals surface area contributed by atoms with Crippen molar-refractivity contribution in [3.05, 3.63) is 29.8 Å². The van der Waals surface area contributed by atoms with Crippen molar-refractivity contribution in [1.82, 2.24) is 0 Å².